The van der Waals surface area contributed by atoms with Gasteiger partial charge in [0.05, 0.1) is 40.3 Å². The number of likely N-dealkylation sites (tertiary alicyclic amines) is 1. The number of halogens is 1. The minimum absolute atomic E-state index is 0.125. The molecule has 7 heteroatoms. The zero-order valence-electron chi connectivity index (χ0n) is 23.7. The van der Waals surface area contributed by atoms with E-state index in [2.05, 4.69) is 120 Å². The van der Waals surface area contributed by atoms with Gasteiger partial charge in [0, 0.05) is 6.54 Å². The number of imidazole rings is 1. The molecule has 2 atom stereocenters. The fraction of sp³-hybridized carbons (Fsp3) is 0.257. The van der Waals surface area contributed by atoms with Crippen LogP contribution in [0.15, 0.2) is 91.0 Å². The van der Waals surface area contributed by atoms with Crippen molar-refractivity contribution in [1.29, 1.82) is 0 Å². The van der Waals surface area contributed by atoms with E-state index >= 15 is 0 Å². The van der Waals surface area contributed by atoms with E-state index in [1.807, 2.05) is 23.1 Å². The van der Waals surface area contributed by atoms with Crippen LogP contribution in [0.4, 0.5) is 0 Å². The van der Waals surface area contributed by atoms with Gasteiger partial charge in [-0.25, -0.2) is 4.98 Å². The van der Waals surface area contributed by atoms with Gasteiger partial charge in [0.1, 0.15) is 11.9 Å². The molecule has 0 radical (unpaired) electrons. The number of piperidine rings is 1. The van der Waals surface area contributed by atoms with Crippen LogP contribution in [0.5, 0.6) is 0 Å². The van der Waals surface area contributed by atoms with Crippen molar-refractivity contribution in [2.24, 2.45) is 0 Å². The first kappa shape index (κ1) is 27.8. The Morgan fingerprint density at radius 1 is 0.881 bits per heavy atom. The van der Waals surface area contributed by atoms with E-state index in [9.17, 15) is 4.79 Å². The van der Waals surface area contributed by atoms with Crippen molar-refractivity contribution in [1.82, 2.24) is 17.6 Å². The van der Waals surface area contributed by atoms with Crippen molar-refractivity contribution in [3.05, 3.63) is 119 Å². The Labute approximate surface area is 263 Å². The lowest BCUT2D eigenvalue weighted by atomic mass is 9.88. The molecule has 1 fully saturated rings. The number of fused-ring (bicyclic) bond motifs is 2. The number of carbonyl (C=O) groups excluding carboxylic acids is 1. The summed E-state index contributed by atoms with van der Waals surface area (Å²) >= 11 is 2.32. The third kappa shape index (κ3) is 5.29. The lowest BCUT2D eigenvalue weighted by molar-refractivity contribution is -0.133. The van der Waals surface area contributed by atoms with Crippen LogP contribution in [-0.4, -0.2) is 43.6 Å². The maximum Gasteiger partial charge on any atom is 0.228 e. The number of nitrogens with zero attached hydrogens (tertiary/aromatic N) is 4. The van der Waals surface area contributed by atoms with Gasteiger partial charge in [-0.05, 0) is 95.8 Å². The Bertz CT molecular complexity index is 1770. The van der Waals surface area contributed by atoms with E-state index in [1.165, 1.54) is 48.2 Å². The van der Waals surface area contributed by atoms with Crippen LogP contribution in [0.25, 0.3) is 22.2 Å². The maximum atomic E-state index is 13.9. The minimum atomic E-state index is -0.290. The summed E-state index contributed by atoms with van der Waals surface area (Å²) in [6, 6.07) is 32.0. The fourth-order valence-electron chi connectivity index (χ4n) is 6.57. The molecule has 0 N–H and O–H groups in total. The molecule has 5 nitrogen and oxygen atoms in total. The predicted molar refractivity (Wildman–Crippen MR) is 182 cm³/mol. The molecule has 1 aromatic heterocycles. The van der Waals surface area contributed by atoms with Gasteiger partial charge in [0.15, 0.2) is 0 Å². The summed E-state index contributed by atoms with van der Waals surface area (Å²) in [4.78, 5) is 23.4. The van der Waals surface area contributed by atoms with E-state index in [0.717, 1.165) is 33.3 Å². The normalized spacial score (nSPS) is 17.0. The van der Waals surface area contributed by atoms with Gasteiger partial charge in [0.2, 0.25) is 5.91 Å². The van der Waals surface area contributed by atoms with E-state index in [0.29, 0.717) is 18.9 Å². The second-order valence-electron chi connectivity index (χ2n) is 11.7. The van der Waals surface area contributed by atoms with Crippen molar-refractivity contribution < 1.29 is 4.79 Å². The van der Waals surface area contributed by atoms with Gasteiger partial charge in [-0.1, -0.05) is 72.8 Å². The Kier molecular flexibility index (Phi) is 7.63. The molecule has 2 aliphatic heterocycles. The van der Waals surface area contributed by atoms with Crippen molar-refractivity contribution >= 4 is 54.3 Å². The smallest absolute Gasteiger partial charge is 0.228 e. The van der Waals surface area contributed by atoms with Gasteiger partial charge < -0.3 is 9.80 Å². The summed E-state index contributed by atoms with van der Waals surface area (Å²) in [6.45, 7) is 2.89. The van der Waals surface area contributed by atoms with Crippen LogP contribution >= 0.6 is 32.1 Å². The van der Waals surface area contributed by atoms with Crippen molar-refractivity contribution in [3.8, 4) is 11.1 Å². The zero-order chi connectivity index (χ0) is 28.8. The molecular formula is C35H34IN4OP. The fourth-order valence-corrected chi connectivity index (χ4v) is 7.65. The first-order valence-electron chi connectivity index (χ1n) is 14.6. The lowest BCUT2D eigenvalue weighted by Gasteiger charge is -2.35. The van der Waals surface area contributed by atoms with Crippen LogP contribution in [-0.2, 0) is 17.8 Å². The molecule has 0 aliphatic carbocycles. The standard InChI is InChI=1S/C35H34IN4OP/c1-38-17-15-25(16-18-38)23-9-11-24(12-10-23)26-13-14-28-22-39(33(41)21-29(28)19-26)34(27-5-4-6-30(42)20-27)35-37-31-7-2-3-8-32(31)40(35)36/h2-14,19-20,25,34H,15-18,21-22,42H2,1H3. The highest BCUT2D eigenvalue weighted by molar-refractivity contribution is 14.1. The summed E-state index contributed by atoms with van der Waals surface area (Å²) in [7, 11) is 5.00. The molecule has 4 aromatic carbocycles. The summed E-state index contributed by atoms with van der Waals surface area (Å²) in [5.41, 5.74) is 9.19. The summed E-state index contributed by atoms with van der Waals surface area (Å²) in [5.74, 6) is 1.64. The molecule has 1 saturated heterocycles. The average molecular weight is 685 g/mol. The Morgan fingerprint density at radius 3 is 2.40 bits per heavy atom. The third-order valence-electron chi connectivity index (χ3n) is 8.96. The molecule has 0 spiro atoms. The first-order chi connectivity index (χ1) is 20.4. The number of rotatable bonds is 5. The molecule has 212 valence electrons. The molecular weight excluding hydrogens is 650 g/mol. The predicted octanol–water partition coefficient (Wildman–Crippen LogP) is 6.89. The van der Waals surface area contributed by atoms with Crippen molar-refractivity contribution in [3.63, 3.8) is 0 Å². The maximum absolute atomic E-state index is 13.9. The van der Waals surface area contributed by atoms with E-state index < -0.39 is 0 Å². The molecule has 5 aromatic rings. The number of amides is 1. The number of hydrogen-bond acceptors (Lipinski definition) is 3. The Hall–Kier alpha value is -3.06. The van der Waals surface area contributed by atoms with Crippen LogP contribution in [0.2, 0.25) is 0 Å². The summed E-state index contributed by atoms with van der Waals surface area (Å²) in [6.07, 6.45) is 2.84. The monoisotopic (exact) mass is 684 g/mol. The average Bonchev–Trinajstić information content (AvgIpc) is 3.33. The largest absolute Gasteiger partial charge is 0.324 e. The van der Waals surface area contributed by atoms with Crippen molar-refractivity contribution in [2.45, 2.75) is 37.8 Å². The summed E-state index contributed by atoms with van der Waals surface area (Å²) < 4.78 is 2.11. The third-order valence-corrected chi connectivity index (χ3v) is 10.3. The Balaban J connectivity index is 1.19. The van der Waals surface area contributed by atoms with Crippen LogP contribution in [0.3, 0.4) is 0 Å². The second-order valence-corrected chi connectivity index (χ2v) is 13.3. The molecule has 3 heterocycles. The highest BCUT2D eigenvalue weighted by Gasteiger charge is 2.34. The summed E-state index contributed by atoms with van der Waals surface area (Å²) in [5, 5.41) is 1.09. The molecule has 2 unspecified atom stereocenters. The van der Waals surface area contributed by atoms with Crippen LogP contribution in [0.1, 0.15) is 52.9 Å². The lowest BCUT2D eigenvalue weighted by Crippen LogP contribution is -2.40. The molecule has 0 saturated carbocycles. The molecule has 0 bridgehead atoms. The molecule has 1 amide bonds. The van der Waals surface area contributed by atoms with E-state index in [4.69, 9.17) is 4.98 Å². The number of aromatic nitrogens is 2. The molecule has 2 aliphatic rings. The second kappa shape index (κ2) is 11.6. The van der Waals surface area contributed by atoms with Crippen molar-refractivity contribution in [2.75, 3.05) is 20.1 Å². The first-order valence-corrected chi connectivity index (χ1v) is 16.2. The van der Waals surface area contributed by atoms with Gasteiger partial charge in [-0.2, -0.15) is 0 Å². The van der Waals surface area contributed by atoms with Gasteiger partial charge in [-0.15, -0.1) is 9.24 Å². The van der Waals surface area contributed by atoms with Gasteiger partial charge in [0.25, 0.3) is 0 Å². The number of carbonyl (C=O) groups is 1. The SMILES string of the molecule is CN1CCC(c2ccc(-c3ccc4c(c3)CC(=O)N(C(c3cccc(P)c3)c3nc5ccccc5n3I)C4)cc2)CC1. The van der Waals surface area contributed by atoms with Crippen LogP contribution in [0, 0.1) is 0 Å². The highest BCUT2D eigenvalue weighted by atomic mass is 127. The van der Waals surface area contributed by atoms with Crippen LogP contribution < -0.4 is 5.30 Å². The Morgan fingerprint density at radius 2 is 1.64 bits per heavy atom. The molecule has 42 heavy (non-hydrogen) atoms. The quantitative estimate of drug-likeness (QED) is 0.150. The topological polar surface area (TPSA) is 41.4 Å². The van der Waals surface area contributed by atoms with E-state index in [-0.39, 0.29) is 11.9 Å². The van der Waals surface area contributed by atoms with Gasteiger partial charge >= 0.3 is 0 Å². The van der Waals surface area contributed by atoms with E-state index in [1.54, 1.807) is 0 Å². The number of para-hydroxylation sites is 2. The number of benzene rings is 4. The highest BCUT2D eigenvalue weighted by Crippen LogP contribution is 2.37. The number of hydrogen-bond donors (Lipinski definition) is 0. The molecule has 7 rings (SSSR count). The minimum Gasteiger partial charge on any atom is -0.324 e. The zero-order valence-corrected chi connectivity index (χ0v) is 27.0. The van der Waals surface area contributed by atoms with Gasteiger partial charge in [-0.3, -0.25) is 7.58 Å².